The van der Waals surface area contributed by atoms with Crippen molar-refractivity contribution < 1.29 is 14.6 Å². The lowest BCUT2D eigenvalue weighted by Gasteiger charge is -2.55. The van der Waals surface area contributed by atoms with E-state index in [4.69, 9.17) is 9.47 Å². The molecule has 3 unspecified atom stereocenters. The zero-order chi connectivity index (χ0) is 19.9. The summed E-state index contributed by atoms with van der Waals surface area (Å²) < 4.78 is 12.3. The number of aliphatic hydroxyl groups is 1. The van der Waals surface area contributed by atoms with Gasteiger partial charge >= 0.3 is 0 Å². The lowest BCUT2D eigenvalue weighted by molar-refractivity contribution is -0.138. The highest BCUT2D eigenvalue weighted by Crippen LogP contribution is 2.54. The highest BCUT2D eigenvalue weighted by atomic mass is 16.5. The number of hydrogen-bond donors (Lipinski definition) is 1. The van der Waals surface area contributed by atoms with Crippen LogP contribution in [0.25, 0.3) is 12.2 Å². The Morgan fingerprint density at radius 3 is 2.50 bits per heavy atom. The molecule has 1 saturated carbocycles. The Hall–Kier alpha value is -2.26. The Morgan fingerprint density at radius 2 is 1.79 bits per heavy atom. The molecule has 2 aliphatic rings. The topological polar surface area (TPSA) is 38.7 Å². The van der Waals surface area contributed by atoms with Crippen LogP contribution in [0.5, 0.6) is 11.5 Å². The Bertz CT molecular complexity index is 884. The van der Waals surface area contributed by atoms with E-state index in [-0.39, 0.29) is 23.0 Å². The maximum absolute atomic E-state index is 10.6. The molecule has 2 aromatic rings. The van der Waals surface area contributed by atoms with Gasteiger partial charge in [0.15, 0.2) is 11.5 Å². The summed E-state index contributed by atoms with van der Waals surface area (Å²) >= 11 is 0. The third-order valence-electron chi connectivity index (χ3n) is 6.81. The van der Waals surface area contributed by atoms with E-state index in [9.17, 15) is 5.11 Å². The summed E-state index contributed by atoms with van der Waals surface area (Å²) in [5.41, 5.74) is 2.97. The second kappa shape index (κ2) is 6.97. The minimum absolute atomic E-state index is 0.187. The predicted molar refractivity (Wildman–Crippen MR) is 114 cm³/mol. The van der Waals surface area contributed by atoms with Gasteiger partial charge in [0, 0.05) is 5.92 Å². The SMILES string of the molecule is COc1cc(/C=C/c2ccccc2)cc2c1OC1(C)CCC(O)C(C)(C)C1C2. The van der Waals surface area contributed by atoms with Crippen molar-refractivity contribution in [2.45, 2.75) is 51.7 Å². The van der Waals surface area contributed by atoms with Gasteiger partial charge in [-0.05, 0) is 60.4 Å². The molecule has 3 heteroatoms. The van der Waals surface area contributed by atoms with Gasteiger partial charge in [-0.1, -0.05) is 56.3 Å². The van der Waals surface area contributed by atoms with Crippen LogP contribution in [0.2, 0.25) is 0 Å². The fourth-order valence-electron chi connectivity index (χ4n) is 5.00. The molecule has 1 aliphatic carbocycles. The summed E-state index contributed by atoms with van der Waals surface area (Å²) in [6.07, 6.45) is 6.46. The van der Waals surface area contributed by atoms with Crippen molar-refractivity contribution in [2.24, 2.45) is 11.3 Å². The van der Waals surface area contributed by atoms with Gasteiger partial charge in [0.1, 0.15) is 5.60 Å². The Morgan fingerprint density at radius 1 is 1.07 bits per heavy atom. The molecule has 1 heterocycles. The van der Waals surface area contributed by atoms with E-state index >= 15 is 0 Å². The van der Waals surface area contributed by atoms with E-state index < -0.39 is 0 Å². The molecular weight excluding hydrogens is 348 g/mol. The molecule has 1 N–H and O–H groups in total. The predicted octanol–water partition coefficient (Wildman–Crippen LogP) is 5.36. The van der Waals surface area contributed by atoms with E-state index in [0.29, 0.717) is 0 Å². The van der Waals surface area contributed by atoms with Gasteiger partial charge in [-0.2, -0.15) is 0 Å². The van der Waals surface area contributed by atoms with Crippen LogP contribution < -0.4 is 9.47 Å². The van der Waals surface area contributed by atoms with Gasteiger partial charge in [0.25, 0.3) is 0 Å². The molecule has 1 fully saturated rings. The second-order valence-corrected chi connectivity index (χ2v) is 9.00. The van der Waals surface area contributed by atoms with Crippen molar-refractivity contribution in [1.82, 2.24) is 0 Å². The largest absolute Gasteiger partial charge is 0.493 e. The first-order chi connectivity index (χ1) is 13.3. The molecule has 2 aromatic carbocycles. The summed E-state index contributed by atoms with van der Waals surface area (Å²) in [7, 11) is 1.70. The summed E-state index contributed by atoms with van der Waals surface area (Å²) in [5, 5.41) is 10.6. The lowest BCUT2D eigenvalue weighted by Crippen LogP contribution is -2.58. The van der Waals surface area contributed by atoms with Crippen LogP contribution in [-0.4, -0.2) is 23.9 Å². The minimum atomic E-state index is -0.293. The third kappa shape index (κ3) is 3.22. The van der Waals surface area contributed by atoms with E-state index in [1.807, 2.05) is 24.3 Å². The van der Waals surface area contributed by atoms with Gasteiger partial charge in [-0.3, -0.25) is 0 Å². The maximum atomic E-state index is 10.6. The number of methoxy groups -OCH3 is 1. The van der Waals surface area contributed by atoms with Gasteiger partial charge in [-0.25, -0.2) is 0 Å². The first kappa shape index (κ1) is 19.1. The molecule has 4 rings (SSSR count). The van der Waals surface area contributed by atoms with E-state index in [2.05, 4.69) is 51.1 Å². The number of benzene rings is 2. The van der Waals surface area contributed by atoms with Gasteiger partial charge < -0.3 is 14.6 Å². The van der Waals surface area contributed by atoms with Crippen LogP contribution in [0.4, 0.5) is 0 Å². The fourth-order valence-corrected chi connectivity index (χ4v) is 5.00. The standard InChI is InChI=1S/C25H30O3/c1-24(2)21-16-19-14-18(11-10-17-8-6-5-7-9-17)15-20(27-4)23(19)28-25(21,3)13-12-22(24)26/h5-11,14-15,21-22,26H,12-13,16H2,1-4H3/b11-10+. The summed E-state index contributed by atoms with van der Waals surface area (Å²) in [6.45, 7) is 6.53. The number of hydrogen-bond acceptors (Lipinski definition) is 3. The number of fused-ring (bicyclic) bond motifs is 2. The Balaban J connectivity index is 1.72. The Labute approximate surface area is 168 Å². The molecule has 148 valence electrons. The molecule has 0 radical (unpaired) electrons. The highest BCUT2D eigenvalue weighted by molar-refractivity contribution is 5.72. The average Bonchev–Trinajstić information content (AvgIpc) is 2.69. The zero-order valence-corrected chi connectivity index (χ0v) is 17.2. The first-order valence-corrected chi connectivity index (χ1v) is 10.1. The van der Waals surface area contributed by atoms with Crippen LogP contribution in [0, 0.1) is 11.3 Å². The molecule has 0 spiro atoms. The van der Waals surface area contributed by atoms with Crippen LogP contribution in [-0.2, 0) is 6.42 Å². The monoisotopic (exact) mass is 378 g/mol. The summed E-state index contributed by atoms with van der Waals surface area (Å²) in [4.78, 5) is 0. The van der Waals surface area contributed by atoms with Crippen molar-refractivity contribution in [2.75, 3.05) is 7.11 Å². The lowest BCUT2D eigenvalue weighted by atomic mass is 9.57. The normalized spacial score (nSPS) is 28.3. The van der Waals surface area contributed by atoms with Crippen molar-refractivity contribution >= 4 is 12.2 Å². The fraction of sp³-hybridized carbons (Fsp3) is 0.440. The smallest absolute Gasteiger partial charge is 0.165 e. The van der Waals surface area contributed by atoms with Crippen molar-refractivity contribution in [3.8, 4) is 11.5 Å². The summed E-state index contributed by atoms with van der Waals surface area (Å²) in [6, 6.07) is 14.5. The molecular formula is C25H30O3. The number of rotatable bonds is 3. The van der Waals surface area contributed by atoms with E-state index in [1.54, 1.807) is 7.11 Å². The number of ether oxygens (including phenoxy) is 2. The maximum Gasteiger partial charge on any atom is 0.165 e. The molecule has 0 aromatic heterocycles. The van der Waals surface area contributed by atoms with Gasteiger partial charge in [0.05, 0.1) is 13.2 Å². The highest BCUT2D eigenvalue weighted by Gasteiger charge is 2.54. The average molecular weight is 379 g/mol. The van der Waals surface area contributed by atoms with Crippen LogP contribution >= 0.6 is 0 Å². The quantitative estimate of drug-likeness (QED) is 0.731. The second-order valence-electron chi connectivity index (χ2n) is 9.00. The molecule has 0 amide bonds. The summed E-state index contributed by atoms with van der Waals surface area (Å²) in [5.74, 6) is 1.91. The van der Waals surface area contributed by atoms with E-state index in [0.717, 1.165) is 41.9 Å². The van der Waals surface area contributed by atoms with Crippen LogP contribution in [0.3, 0.4) is 0 Å². The molecule has 0 saturated heterocycles. The molecule has 0 bridgehead atoms. The van der Waals surface area contributed by atoms with Crippen molar-refractivity contribution in [3.05, 3.63) is 59.2 Å². The van der Waals surface area contributed by atoms with Crippen molar-refractivity contribution in [3.63, 3.8) is 0 Å². The molecule has 1 aliphatic heterocycles. The Kier molecular flexibility index (Phi) is 4.75. The van der Waals surface area contributed by atoms with Crippen molar-refractivity contribution in [1.29, 1.82) is 0 Å². The van der Waals surface area contributed by atoms with E-state index in [1.165, 1.54) is 5.56 Å². The minimum Gasteiger partial charge on any atom is -0.493 e. The molecule has 28 heavy (non-hydrogen) atoms. The molecule has 3 atom stereocenters. The van der Waals surface area contributed by atoms with Gasteiger partial charge in [0.2, 0.25) is 0 Å². The number of aliphatic hydroxyl groups excluding tert-OH is 1. The van der Waals surface area contributed by atoms with Crippen LogP contribution in [0.1, 0.15) is 50.3 Å². The molecule has 3 nitrogen and oxygen atoms in total. The van der Waals surface area contributed by atoms with Gasteiger partial charge in [-0.15, -0.1) is 0 Å². The third-order valence-corrected chi connectivity index (χ3v) is 6.81. The first-order valence-electron chi connectivity index (χ1n) is 10.1. The van der Waals surface area contributed by atoms with Crippen LogP contribution in [0.15, 0.2) is 42.5 Å². The zero-order valence-electron chi connectivity index (χ0n) is 17.2.